The normalized spacial score (nSPS) is 24.6. The third-order valence-electron chi connectivity index (χ3n) is 3.29. The first-order valence-corrected chi connectivity index (χ1v) is 6.25. The standard InChI is InChI=1S/C11H17ClN4O/c1-13-7-2-4-8(5-3-7)15-9-6-14-16-11(17)10(9)12/h6-8,13H,2-5H2,1H3,(H2,15,16,17). The van der Waals surface area contributed by atoms with Gasteiger partial charge in [0.25, 0.3) is 5.56 Å². The SMILES string of the molecule is CNC1CCC(Nc2cn[nH]c(=O)c2Cl)CC1. The molecule has 3 N–H and O–H groups in total. The van der Waals surface area contributed by atoms with Crippen molar-refractivity contribution in [3.05, 3.63) is 21.6 Å². The van der Waals surface area contributed by atoms with Crippen molar-refractivity contribution in [1.82, 2.24) is 15.5 Å². The summed E-state index contributed by atoms with van der Waals surface area (Å²) < 4.78 is 0. The van der Waals surface area contributed by atoms with E-state index in [1.165, 1.54) is 0 Å². The molecule has 1 fully saturated rings. The highest BCUT2D eigenvalue weighted by Gasteiger charge is 2.20. The van der Waals surface area contributed by atoms with Crippen molar-refractivity contribution in [2.75, 3.05) is 12.4 Å². The Bertz CT molecular complexity index is 426. The molecule has 0 radical (unpaired) electrons. The number of rotatable bonds is 3. The van der Waals surface area contributed by atoms with Crippen LogP contribution in [0.2, 0.25) is 5.02 Å². The molecule has 0 spiro atoms. The van der Waals surface area contributed by atoms with Gasteiger partial charge in [0.1, 0.15) is 5.02 Å². The van der Waals surface area contributed by atoms with Crippen molar-refractivity contribution in [3.8, 4) is 0 Å². The summed E-state index contributed by atoms with van der Waals surface area (Å²) in [4.78, 5) is 11.3. The van der Waals surface area contributed by atoms with E-state index >= 15 is 0 Å². The summed E-state index contributed by atoms with van der Waals surface area (Å²) in [5.41, 5.74) is 0.281. The molecule has 0 aromatic carbocycles. The van der Waals surface area contributed by atoms with Gasteiger partial charge in [-0.15, -0.1) is 0 Å². The van der Waals surface area contributed by atoms with Crippen LogP contribution in [0.4, 0.5) is 5.69 Å². The second-order valence-corrected chi connectivity index (χ2v) is 4.79. The van der Waals surface area contributed by atoms with Gasteiger partial charge in [-0.2, -0.15) is 5.10 Å². The number of H-pyrrole nitrogens is 1. The molecule has 17 heavy (non-hydrogen) atoms. The average Bonchev–Trinajstić information content (AvgIpc) is 2.36. The predicted octanol–water partition coefficient (Wildman–Crippen LogP) is 1.37. The summed E-state index contributed by atoms with van der Waals surface area (Å²) in [6.07, 6.45) is 6.00. The Morgan fingerprint density at radius 1 is 1.35 bits per heavy atom. The van der Waals surface area contributed by atoms with Crippen LogP contribution in [-0.4, -0.2) is 29.3 Å². The number of hydrogen-bond donors (Lipinski definition) is 3. The van der Waals surface area contributed by atoms with E-state index in [1.54, 1.807) is 6.20 Å². The predicted molar refractivity (Wildman–Crippen MR) is 68.6 cm³/mol. The van der Waals surface area contributed by atoms with Gasteiger partial charge < -0.3 is 10.6 Å². The van der Waals surface area contributed by atoms with Crippen molar-refractivity contribution in [2.24, 2.45) is 0 Å². The Morgan fingerprint density at radius 3 is 2.65 bits per heavy atom. The largest absolute Gasteiger partial charge is 0.380 e. The van der Waals surface area contributed by atoms with E-state index in [4.69, 9.17) is 11.6 Å². The molecule has 1 aromatic heterocycles. The lowest BCUT2D eigenvalue weighted by Gasteiger charge is -2.29. The molecule has 1 aliphatic rings. The average molecular weight is 257 g/mol. The Labute approximate surface area is 105 Å². The maximum absolute atomic E-state index is 11.3. The molecule has 2 rings (SSSR count). The van der Waals surface area contributed by atoms with Gasteiger partial charge in [0.15, 0.2) is 0 Å². The van der Waals surface area contributed by atoms with Crippen LogP contribution in [0.1, 0.15) is 25.7 Å². The number of nitrogens with one attached hydrogen (secondary N) is 3. The quantitative estimate of drug-likeness (QED) is 0.764. The summed E-state index contributed by atoms with van der Waals surface area (Å²) in [6, 6.07) is 0.988. The van der Waals surface area contributed by atoms with Crippen LogP contribution < -0.4 is 16.2 Å². The van der Waals surface area contributed by atoms with E-state index in [0.29, 0.717) is 17.8 Å². The number of anilines is 1. The molecule has 0 saturated heterocycles. The first kappa shape index (κ1) is 12.4. The van der Waals surface area contributed by atoms with Crippen LogP contribution in [0, 0.1) is 0 Å². The van der Waals surface area contributed by atoms with Gasteiger partial charge in [-0.3, -0.25) is 4.79 Å². The summed E-state index contributed by atoms with van der Waals surface area (Å²) in [5.74, 6) is 0. The van der Waals surface area contributed by atoms with Crippen LogP contribution in [0.5, 0.6) is 0 Å². The second kappa shape index (κ2) is 5.51. The maximum Gasteiger partial charge on any atom is 0.285 e. The lowest BCUT2D eigenvalue weighted by molar-refractivity contribution is 0.371. The Balaban J connectivity index is 1.98. The molecule has 0 bridgehead atoms. The molecule has 0 atom stereocenters. The zero-order valence-electron chi connectivity index (χ0n) is 9.79. The van der Waals surface area contributed by atoms with Gasteiger partial charge in [-0.25, -0.2) is 5.10 Å². The zero-order chi connectivity index (χ0) is 12.3. The molecule has 0 aliphatic heterocycles. The third kappa shape index (κ3) is 2.98. The van der Waals surface area contributed by atoms with Gasteiger partial charge in [0.2, 0.25) is 0 Å². The van der Waals surface area contributed by atoms with Gasteiger partial charge in [-0.1, -0.05) is 11.6 Å². The molecule has 1 heterocycles. The lowest BCUT2D eigenvalue weighted by atomic mass is 9.91. The maximum atomic E-state index is 11.3. The van der Waals surface area contributed by atoms with Crippen molar-refractivity contribution in [3.63, 3.8) is 0 Å². The van der Waals surface area contributed by atoms with Crippen molar-refractivity contribution in [1.29, 1.82) is 0 Å². The Hall–Kier alpha value is -1.07. The number of halogens is 1. The van der Waals surface area contributed by atoms with E-state index in [2.05, 4.69) is 20.8 Å². The molecule has 1 saturated carbocycles. The van der Waals surface area contributed by atoms with Crippen molar-refractivity contribution in [2.45, 2.75) is 37.8 Å². The fraction of sp³-hybridized carbons (Fsp3) is 0.636. The second-order valence-electron chi connectivity index (χ2n) is 4.41. The molecule has 1 aromatic rings. The summed E-state index contributed by atoms with van der Waals surface area (Å²) in [5, 5.41) is 12.8. The van der Waals surface area contributed by atoms with E-state index in [0.717, 1.165) is 25.7 Å². The molecule has 5 nitrogen and oxygen atoms in total. The minimum Gasteiger partial charge on any atom is -0.380 e. The molecule has 0 unspecified atom stereocenters. The van der Waals surface area contributed by atoms with Crippen LogP contribution in [0.3, 0.4) is 0 Å². The highest BCUT2D eigenvalue weighted by molar-refractivity contribution is 6.32. The summed E-state index contributed by atoms with van der Waals surface area (Å²) >= 11 is 5.91. The molecule has 6 heteroatoms. The van der Waals surface area contributed by atoms with E-state index in [9.17, 15) is 4.79 Å². The molecule has 1 aliphatic carbocycles. The van der Waals surface area contributed by atoms with Crippen LogP contribution in [0.15, 0.2) is 11.0 Å². The van der Waals surface area contributed by atoms with Gasteiger partial charge in [0.05, 0.1) is 11.9 Å². The number of aromatic amines is 1. The molecular weight excluding hydrogens is 240 g/mol. The van der Waals surface area contributed by atoms with Crippen molar-refractivity contribution >= 4 is 17.3 Å². The fourth-order valence-electron chi connectivity index (χ4n) is 2.23. The van der Waals surface area contributed by atoms with Gasteiger partial charge in [-0.05, 0) is 32.7 Å². The first-order valence-electron chi connectivity index (χ1n) is 5.87. The third-order valence-corrected chi connectivity index (χ3v) is 3.67. The van der Waals surface area contributed by atoms with Gasteiger partial charge >= 0.3 is 0 Å². The lowest BCUT2D eigenvalue weighted by Crippen LogP contribution is -2.35. The van der Waals surface area contributed by atoms with Crippen molar-refractivity contribution < 1.29 is 0 Å². The topological polar surface area (TPSA) is 69.8 Å². The van der Waals surface area contributed by atoms with Gasteiger partial charge in [0, 0.05) is 12.1 Å². The van der Waals surface area contributed by atoms with E-state index in [-0.39, 0.29) is 10.6 Å². The first-order chi connectivity index (χ1) is 8.20. The minimum absolute atomic E-state index is 0.190. The molecule has 94 valence electrons. The zero-order valence-corrected chi connectivity index (χ0v) is 10.5. The number of nitrogens with zero attached hydrogens (tertiary/aromatic N) is 1. The summed E-state index contributed by atoms with van der Waals surface area (Å²) in [7, 11) is 2.00. The highest BCUT2D eigenvalue weighted by Crippen LogP contribution is 2.23. The number of aromatic nitrogens is 2. The molecule has 0 amide bonds. The fourth-order valence-corrected chi connectivity index (χ4v) is 2.38. The Kier molecular flexibility index (Phi) is 4.02. The highest BCUT2D eigenvalue weighted by atomic mass is 35.5. The smallest absolute Gasteiger partial charge is 0.285 e. The van der Waals surface area contributed by atoms with E-state index in [1.807, 2.05) is 7.05 Å². The monoisotopic (exact) mass is 256 g/mol. The number of hydrogen-bond acceptors (Lipinski definition) is 4. The summed E-state index contributed by atoms with van der Waals surface area (Å²) in [6.45, 7) is 0. The molecular formula is C11H17ClN4O. The van der Waals surface area contributed by atoms with Crippen LogP contribution in [0.25, 0.3) is 0 Å². The Morgan fingerprint density at radius 2 is 2.00 bits per heavy atom. The minimum atomic E-state index is -0.347. The van der Waals surface area contributed by atoms with Crippen LogP contribution >= 0.6 is 11.6 Å². The van der Waals surface area contributed by atoms with Crippen LogP contribution in [-0.2, 0) is 0 Å². The van der Waals surface area contributed by atoms with E-state index < -0.39 is 0 Å².